The van der Waals surface area contributed by atoms with Gasteiger partial charge in [0.05, 0.1) is 4.88 Å². The molecule has 1 unspecified atom stereocenters. The molecule has 1 aromatic heterocycles. The summed E-state index contributed by atoms with van der Waals surface area (Å²) in [6.45, 7) is 8.60. The number of piperidine rings is 1. The molecular weight excluding hydrogens is 280 g/mol. The first-order valence-corrected chi connectivity index (χ1v) is 9.13. The molecule has 2 fully saturated rings. The number of hydrogen-bond acceptors (Lipinski definition) is 3. The number of carbonyl (C=O) groups excluding carboxylic acids is 1. The fraction of sp³-hybridized carbons (Fsp3) is 0.706. The fourth-order valence-corrected chi connectivity index (χ4v) is 4.76. The van der Waals surface area contributed by atoms with Crippen LogP contribution in [-0.2, 0) is 6.42 Å². The molecule has 1 atom stereocenters. The Balaban J connectivity index is 1.68. The molecule has 2 saturated heterocycles. The van der Waals surface area contributed by atoms with E-state index >= 15 is 0 Å². The summed E-state index contributed by atoms with van der Waals surface area (Å²) in [4.78, 5) is 19.7. The van der Waals surface area contributed by atoms with Crippen LogP contribution >= 0.6 is 11.3 Å². The number of amides is 1. The minimum atomic E-state index is 0.256. The van der Waals surface area contributed by atoms with E-state index in [0.717, 1.165) is 30.8 Å². The predicted molar refractivity (Wildman–Crippen MR) is 88.2 cm³/mol. The van der Waals surface area contributed by atoms with Gasteiger partial charge in [0.2, 0.25) is 0 Å². The Morgan fingerprint density at radius 3 is 2.71 bits per heavy atom. The first-order valence-electron chi connectivity index (χ1n) is 8.31. The molecule has 0 aliphatic carbocycles. The number of rotatable bonds is 3. The Morgan fingerprint density at radius 2 is 2.05 bits per heavy atom. The molecule has 21 heavy (non-hydrogen) atoms. The predicted octanol–water partition coefficient (Wildman–Crippen LogP) is 3.32. The van der Waals surface area contributed by atoms with Crippen molar-refractivity contribution in [3.63, 3.8) is 0 Å². The van der Waals surface area contributed by atoms with Crippen molar-refractivity contribution in [3.05, 3.63) is 21.4 Å². The maximum Gasteiger partial charge on any atom is 0.263 e. The zero-order valence-electron chi connectivity index (χ0n) is 13.2. The number of likely N-dealkylation sites (tertiary alicyclic amines) is 2. The first-order chi connectivity index (χ1) is 10.2. The van der Waals surface area contributed by atoms with Gasteiger partial charge in [0.25, 0.3) is 5.91 Å². The van der Waals surface area contributed by atoms with Crippen LogP contribution < -0.4 is 0 Å². The van der Waals surface area contributed by atoms with E-state index < -0.39 is 0 Å². The largest absolute Gasteiger partial charge is 0.336 e. The lowest BCUT2D eigenvalue weighted by Crippen LogP contribution is -2.48. The Bertz CT molecular complexity index is 505. The van der Waals surface area contributed by atoms with Crippen molar-refractivity contribution in [3.8, 4) is 0 Å². The maximum atomic E-state index is 12.8. The highest BCUT2D eigenvalue weighted by molar-refractivity contribution is 7.14. The summed E-state index contributed by atoms with van der Waals surface area (Å²) < 4.78 is 0. The van der Waals surface area contributed by atoms with E-state index in [2.05, 4.69) is 29.7 Å². The molecule has 2 aliphatic rings. The normalized spacial score (nSPS) is 23.7. The topological polar surface area (TPSA) is 23.6 Å². The second-order valence-electron chi connectivity index (χ2n) is 6.36. The highest BCUT2D eigenvalue weighted by Gasteiger charge is 2.30. The zero-order chi connectivity index (χ0) is 14.8. The molecule has 0 N–H and O–H groups in total. The molecule has 2 aliphatic heterocycles. The molecule has 0 aromatic carbocycles. The van der Waals surface area contributed by atoms with Crippen LogP contribution in [0.2, 0.25) is 0 Å². The molecule has 0 saturated carbocycles. The molecule has 3 rings (SSSR count). The van der Waals surface area contributed by atoms with Gasteiger partial charge in [-0.15, -0.1) is 11.3 Å². The van der Waals surface area contributed by atoms with Crippen molar-refractivity contribution in [2.24, 2.45) is 0 Å². The second kappa shape index (κ2) is 6.49. The van der Waals surface area contributed by atoms with Gasteiger partial charge in [0.1, 0.15) is 0 Å². The highest BCUT2D eigenvalue weighted by atomic mass is 32.1. The van der Waals surface area contributed by atoms with Gasteiger partial charge in [-0.2, -0.15) is 0 Å². The van der Waals surface area contributed by atoms with Gasteiger partial charge in [0.15, 0.2) is 0 Å². The average molecular weight is 306 g/mol. The number of hydrogen-bond donors (Lipinski definition) is 0. The smallest absolute Gasteiger partial charge is 0.263 e. The summed E-state index contributed by atoms with van der Waals surface area (Å²) in [7, 11) is 0. The Morgan fingerprint density at radius 1 is 1.29 bits per heavy atom. The SMILES string of the molecule is CCc1sc(C(=O)N2CCCC(N3CCCC3)C2)cc1C. The van der Waals surface area contributed by atoms with E-state index in [1.165, 1.54) is 42.8 Å². The molecular formula is C17H26N2OS. The van der Waals surface area contributed by atoms with E-state index in [0.29, 0.717) is 6.04 Å². The lowest BCUT2D eigenvalue weighted by molar-refractivity contribution is 0.0612. The van der Waals surface area contributed by atoms with Gasteiger partial charge in [-0.1, -0.05) is 6.92 Å². The van der Waals surface area contributed by atoms with E-state index in [9.17, 15) is 4.79 Å². The Kier molecular flexibility index (Phi) is 4.65. The molecule has 3 heterocycles. The quantitative estimate of drug-likeness (QED) is 0.855. The summed E-state index contributed by atoms with van der Waals surface area (Å²) in [5, 5.41) is 0. The molecule has 116 valence electrons. The van der Waals surface area contributed by atoms with E-state index in [4.69, 9.17) is 0 Å². The molecule has 1 aromatic rings. The van der Waals surface area contributed by atoms with Crippen molar-refractivity contribution in [1.82, 2.24) is 9.80 Å². The van der Waals surface area contributed by atoms with Crippen molar-refractivity contribution < 1.29 is 4.79 Å². The minimum absolute atomic E-state index is 0.256. The second-order valence-corrected chi connectivity index (χ2v) is 7.50. The molecule has 4 heteroatoms. The van der Waals surface area contributed by atoms with Gasteiger partial charge in [-0.25, -0.2) is 0 Å². The van der Waals surface area contributed by atoms with E-state index in [1.54, 1.807) is 11.3 Å². The third-order valence-electron chi connectivity index (χ3n) is 4.89. The Labute approximate surface area is 131 Å². The van der Waals surface area contributed by atoms with E-state index in [-0.39, 0.29) is 5.91 Å². The van der Waals surface area contributed by atoms with Gasteiger partial charge >= 0.3 is 0 Å². The summed E-state index contributed by atoms with van der Waals surface area (Å²) in [6, 6.07) is 2.68. The van der Waals surface area contributed by atoms with Gasteiger partial charge in [-0.05, 0) is 63.7 Å². The molecule has 0 spiro atoms. The fourth-order valence-electron chi connectivity index (χ4n) is 3.68. The van der Waals surface area contributed by atoms with Crippen LogP contribution in [0.3, 0.4) is 0 Å². The van der Waals surface area contributed by atoms with Crippen LogP contribution in [0.25, 0.3) is 0 Å². The van der Waals surface area contributed by atoms with Gasteiger partial charge in [-0.3, -0.25) is 9.69 Å². The molecule has 0 bridgehead atoms. The van der Waals surface area contributed by atoms with Crippen LogP contribution in [0.1, 0.15) is 52.7 Å². The number of thiophene rings is 1. The lowest BCUT2D eigenvalue weighted by Gasteiger charge is -2.37. The minimum Gasteiger partial charge on any atom is -0.336 e. The monoisotopic (exact) mass is 306 g/mol. The number of aryl methyl sites for hydroxylation is 2. The van der Waals surface area contributed by atoms with Gasteiger partial charge < -0.3 is 4.90 Å². The van der Waals surface area contributed by atoms with Crippen LogP contribution in [0.15, 0.2) is 6.07 Å². The maximum absolute atomic E-state index is 12.8. The van der Waals surface area contributed by atoms with Crippen LogP contribution in [0.5, 0.6) is 0 Å². The van der Waals surface area contributed by atoms with Gasteiger partial charge in [0, 0.05) is 24.0 Å². The van der Waals surface area contributed by atoms with Crippen molar-refractivity contribution in [2.45, 2.75) is 52.0 Å². The standard InChI is InChI=1S/C17H26N2OS/c1-3-15-13(2)11-16(21-15)17(20)19-10-6-7-14(12-19)18-8-4-5-9-18/h11,14H,3-10,12H2,1-2H3. The first kappa shape index (κ1) is 15.0. The third kappa shape index (κ3) is 3.16. The molecule has 0 radical (unpaired) electrons. The summed E-state index contributed by atoms with van der Waals surface area (Å²) in [5.74, 6) is 0.256. The van der Waals surface area contributed by atoms with Crippen molar-refractivity contribution in [2.75, 3.05) is 26.2 Å². The third-order valence-corrected chi connectivity index (χ3v) is 6.26. The van der Waals surface area contributed by atoms with Crippen LogP contribution in [0.4, 0.5) is 0 Å². The van der Waals surface area contributed by atoms with Crippen LogP contribution in [-0.4, -0.2) is 47.9 Å². The summed E-state index contributed by atoms with van der Waals surface area (Å²) in [5.41, 5.74) is 1.28. The van der Waals surface area contributed by atoms with Crippen LogP contribution in [0, 0.1) is 6.92 Å². The number of nitrogens with zero attached hydrogens (tertiary/aromatic N) is 2. The molecule has 3 nitrogen and oxygen atoms in total. The molecule has 1 amide bonds. The van der Waals surface area contributed by atoms with Crippen molar-refractivity contribution >= 4 is 17.2 Å². The van der Waals surface area contributed by atoms with Crippen molar-refractivity contribution in [1.29, 1.82) is 0 Å². The summed E-state index contributed by atoms with van der Waals surface area (Å²) >= 11 is 1.69. The zero-order valence-corrected chi connectivity index (χ0v) is 14.0. The Hall–Kier alpha value is -0.870. The average Bonchev–Trinajstić information content (AvgIpc) is 3.16. The highest BCUT2D eigenvalue weighted by Crippen LogP contribution is 2.26. The lowest BCUT2D eigenvalue weighted by atomic mass is 10.0. The summed E-state index contributed by atoms with van der Waals surface area (Å²) in [6.07, 6.45) is 6.09. The van der Waals surface area contributed by atoms with E-state index in [1.807, 2.05) is 0 Å². The number of carbonyl (C=O) groups is 1.